The molecule has 0 aliphatic heterocycles. The predicted octanol–water partition coefficient (Wildman–Crippen LogP) is 2.89. The van der Waals surface area contributed by atoms with Crippen molar-refractivity contribution in [1.82, 2.24) is 0 Å². The fourth-order valence-electron chi connectivity index (χ4n) is 2.77. The van der Waals surface area contributed by atoms with Crippen LogP contribution in [-0.2, 0) is 0 Å². The summed E-state index contributed by atoms with van der Waals surface area (Å²) in [6, 6.07) is 0. The molecule has 0 aromatic rings. The lowest BCUT2D eigenvalue weighted by molar-refractivity contribution is 0.0498. The standard InChI is InChI=1S/C12H20O/c13-12(11-8-4-5-9-11)10-6-2-1-3-7-10/h4,8,10-13H,1-3,5-7,9H2/t11?,12-/m0/s1. The lowest BCUT2D eigenvalue weighted by Gasteiger charge is -2.29. The van der Waals surface area contributed by atoms with Gasteiger partial charge in [0.25, 0.3) is 0 Å². The van der Waals surface area contributed by atoms with Gasteiger partial charge in [-0.05, 0) is 31.6 Å². The first-order chi connectivity index (χ1) is 6.38. The second-order valence-corrected chi connectivity index (χ2v) is 4.56. The normalized spacial score (nSPS) is 32.2. The second-order valence-electron chi connectivity index (χ2n) is 4.56. The van der Waals surface area contributed by atoms with Gasteiger partial charge in [-0.25, -0.2) is 0 Å². The second kappa shape index (κ2) is 4.28. The highest BCUT2D eigenvalue weighted by atomic mass is 16.3. The number of aliphatic hydroxyl groups excluding tert-OH is 1. The number of hydrogen-bond acceptors (Lipinski definition) is 1. The molecule has 2 aliphatic carbocycles. The maximum absolute atomic E-state index is 10.1. The molecule has 13 heavy (non-hydrogen) atoms. The van der Waals surface area contributed by atoms with E-state index in [4.69, 9.17) is 0 Å². The van der Waals surface area contributed by atoms with E-state index in [1.165, 1.54) is 44.9 Å². The van der Waals surface area contributed by atoms with Crippen LogP contribution in [0.4, 0.5) is 0 Å². The van der Waals surface area contributed by atoms with E-state index in [-0.39, 0.29) is 6.10 Å². The molecule has 0 saturated heterocycles. The van der Waals surface area contributed by atoms with Gasteiger partial charge in [0.05, 0.1) is 6.10 Å². The molecule has 2 rings (SSSR count). The van der Waals surface area contributed by atoms with Crippen molar-refractivity contribution in [2.24, 2.45) is 11.8 Å². The topological polar surface area (TPSA) is 20.2 Å². The summed E-state index contributed by atoms with van der Waals surface area (Å²) >= 11 is 0. The smallest absolute Gasteiger partial charge is 0.0631 e. The summed E-state index contributed by atoms with van der Waals surface area (Å²) in [7, 11) is 0. The Morgan fingerprint density at radius 3 is 2.46 bits per heavy atom. The van der Waals surface area contributed by atoms with E-state index >= 15 is 0 Å². The van der Waals surface area contributed by atoms with Crippen molar-refractivity contribution >= 4 is 0 Å². The van der Waals surface area contributed by atoms with Crippen LogP contribution in [0.5, 0.6) is 0 Å². The third-order valence-electron chi connectivity index (χ3n) is 3.62. The molecule has 0 heterocycles. The van der Waals surface area contributed by atoms with Gasteiger partial charge in [0.1, 0.15) is 0 Å². The van der Waals surface area contributed by atoms with Crippen molar-refractivity contribution in [3.63, 3.8) is 0 Å². The molecule has 2 aliphatic rings. The first-order valence-electron chi connectivity index (χ1n) is 5.72. The van der Waals surface area contributed by atoms with Gasteiger partial charge in [-0.15, -0.1) is 0 Å². The highest BCUT2D eigenvalue weighted by Gasteiger charge is 2.28. The molecule has 1 N–H and O–H groups in total. The summed E-state index contributed by atoms with van der Waals surface area (Å²) < 4.78 is 0. The Morgan fingerprint density at radius 1 is 1.08 bits per heavy atom. The van der Waals surface area contributed by atoms with Gasteiger partial charge in [0.2, 0.25) is 0 Å². The fourth-order valence-corrected chi connectivity index (χ4v) is 2.77. The number of allylic oxidation sites excluding steroid dienone is 1. The molecule has 2 atom stereocenters. The molecule has 0 amide bonds. The van der Waals surface area contributed by atoms with Crippen LogP contribution in [0, 0.1) is 11.8 Å². The molecule has 1 fully saturated rings. The zero-order valence-electron chi connectivity index (χ0n) is 8.28. The van der Waals surface area contributed by atoms with Crippen LogP contribution in [-0.4, -0.2) is 11.2 Å². The largest absolute Gasteiger partial charge is 0.392 e. The summed E-state index contributed by atoms with van der Waals surface area (Å²) in [6.07, 6.45) is 13.3. The third kappa shape index (κ3) is 2.14. The molecule has 1 unspecified atom stereocenters. The lowest BCUT2D eigenvalue weighted by atomic mass is 9.80. The molecule has 0 bridgehead atoms. The highest BCUT2D eigenvalue weighted by molar-refractivity contribution is 5.00. The predicted molar refractivity (Wildman–Crippen MR) is 54.4 cm³/mol. The Labute approximate surface area is 80.8 Å². The average Bonchev–Trinajstić information content (AvgIpc) is 2.71. The highest BCUT2D eigenvalue weighted by Crippen LogP contribution is 2.33. The van der Waals surface area contributed by atoms with E-state index in [1.807, 2.05) is 0 Å². The molecular weight excluding hydrogens is 160 g/mol. The Morgan fingerprint density at radius 2 is 1.85 bits per heavy atom. The van der Waals surface area contributed by atoms with E-state index in [2.05, 4.69) is 12.2 Å². The Kier molecular flexibility index (Phi) is 3.05. The van der Waals surface area contributed by atoms with Crippen molar-refractivity contribution in [2.45, 2.75) is 51.0 Å². The molecule has 1 nitrogen and oxygen atoms in total. The van der Waals surface area contributed by atoms with Crippen molar-refractivity contribution in [3.8, 4) is 0 Å². The maximum atomic E-state index is 10.1. The SMILES string of the molecule is O[C@H](C1C=CCC1)C1CCCCC1. The maximum Gasteiger partial charge on any atom is 0.0631 e. The van der Waals surface area contributed by atoms with Crippen LogP contribution >= 0.6 is 0 Å². The van der Waals surface area contributed by atoms with Crippen LogP contribution in [0.25, 0.3) is 0 Å². The zero-order valence-corrected chi connectivity index (χ0v) is 8.28. The summed E-state index contributed by atoms with van der Waals surface area (Å²) in [5.41, 5.74) is 0. The minimum atomic E-state index is -0.0425. The summed E-state index contributed by atoms with van der Waals surface area (Å²) in [5.74, 6) is 1.07. The third-order valence-corrected chi connectivity index (χ3v) is 3.62. The number of aliphatic hydroxyl groups is 1. The van der Waals surface area contributed by atoms with Gasteiger partial charge < -0.3 is 5.11 Å². The Hall–Kier alpha value is -0.300. The molecule has 0 radical (unpaired) electrons. The molecule has 1 heteroatoms. The van der Waals surface area contributed by atoms with Crippen molar-refractivity contribution in [2.75, 3.05) is 0 Å². The minimum Gasteiger partial charge on any atom is -0.392 e. The molecule has 74 valence electrons. The summed E-state index contributed by atoms with van der Waals surface area (Å²) in [4.78, 5) is 0. The number of hydrogen-bond donors (Lipinski definition) is 1. The minimum absolute atomic E-state index is 0.0425. The Bertz CT molecular complexity index is 180. The summed E-state index contributed by atoms with van der Waals surface area (Å²) in [5, 5.41) is 10.1. The fraction of sp³-hybridized carbons (Fsp3) is 0.833. The first-order valence-corrected chi connectivity index (χ1v) is 5.72. The van der Waals surface area contributed by atoms with Crippen molar-refractivity contribution in [1.29, 1.82) is 0 Å². The van der Waals surface area contributed by atoms with Gasteiger partial charge >= 0.3 is 0 Å². The van der Waals surface area contributed by atoms with Crippen LogP contribution in [0.2, 0.25) is 0 Å². The summed E-state index contributed by atoms with van der Waals surface area (Å²) in [6.45, 7) is 0. The van der Waals surface area contributed by atoms with Crippen molar-refractivity contribution in [3.05, 3.63) is 12.2 Å². The van der Waals surface area contributed by atoms with E-state index in [9.17, 15) is 5.11 Å². The van der Waals surface area contributed by atoms with Gasteiger partial charge in [0.15, 0.2) is 0 Å². The lowest BCUT2D eigenvalue weighted by Crippen LogP contribution is -2.28. The molecule has 0 aromatic heterocycles. The van der Waals surface area contributed by atoms with Gasteiger partial charge in [-0.3, -0.25) is 0 Å². The van der Waals surface area contributed by atoms with Gasteiger partial charge in [-0.2, -0.15) is 0 Å². The molecule has 0 aromatic carbocycles. The van der Waals surface area contributed by atoms with E-state index in [0.717, 1.165) is 0 Å². The van der Waals surface area contributed by atoms with E-state index < -0.39 is 0 Å². The van der Waals surface area contributed by atoms with Gasteiger partial charge in [-0.1, -0.05) is 31.4 Å². The van der Waals surface area contributed by atoms with E-state index in [1.54, 1.807) is 0 Å². The van der Waals surface area contributed by atoms with Gasteiger partial charge in [0, 0.05) is 5.92 Å². The average molecular weight is 180 g/mol. The molecule has 0 spiro atoms. The van der Waals surface area contributed by atoms with Crippen LogP contribution in [0.3, 0.4) is 0 Å². The molecule has 1 saturated carbocycles. The Balaban J connectivity index is 1.87. The quantitative estimate of drug-likeness (QED) is 0.648. The first kappa shape index (κ1) is 9.26. The van der Waals surface area contributed by atoms with Crippen LogP contribution in [0.15, 0.2) is 12.2 Å². The van der Waals surface area contributed by atoms with Crippen LogP contribution in [0.1, 0.15) is 44.9 Å². The van der Waals surface area contributed by atoms with Crippen molar-refractivity contribution < 1.29 is 5.11 Å². The monoisotopic (exact) mass is 180 g/mol. The molecular formula is C12H20O. The number of rotatable bonds is 2. The van der Waals surface area contributed by atoms with Crippen LogP contribution < -0.4 is 0 Å². The van der Waals surface area contributed by atoms with E-state index in [0.29, 0.717) is 11.8 Å². The zero-order chi connectivity index (χ0) is 9.10.